The minimum absolute atomic E-state index is 0.156. The minimum atomic E-state index is -3.74. The molecule has 0 aliphatic rings. The molecule has 0 bridgehead atoms. The number of nitro groups is 1. The maximum Gasteiger partial charge on any atom is 0.271 e. The van der Waals surface area contributed by atoms with Crippen LogP contribution >= 0.6 is 11.3 Å². The average molecular weight is 447 g/mol. The summed E-state index contributed by atoms with van der Waals surface area (Å²) >= 11 is 1.16. The van der Waals surface area contributed by atoms with Crippen LogP contribution in [-0.4, -0.2) is 37.1 Å². The Morgan fingerprint density at radius 1 is 1.27 bits per heavy atom. The predicted octanol–water partition coefficient (Wildman–Crippen LogP) is 3.77. The third-order valence-electron chi connectivity index (χ3n) is 3.98. The predicted molar refractivity (Wildman–Crippen MR) is 113 cm³/mol. The second-order valence-corrected chi connectivity index (χ2v) is 9.04. The van der Waals surface area contributed by atoms with E-state index < -0.39 is 26.4 Å². The van der Waals surface area contributed by atoms with Crippen molar-refractivity contribution in [2.24, 2.45) is 0 Å². The molecule has 0 atom stereocenters. The Bertz CT molecular complexity index is 1220. The summed E-state index contributed by atoms with van der Waals surface area (Å²) < 4.78 is 29.2. The highest BCUT2D eigenvalue weighted by Gasteiger charge is 2.20. The van der Waals surface area contributed by atoms with Gasteiger partial charge in [-0.15, -0.1) is 11.3 Å². The summed E-state index contributed by atoms with van der Waals surface area (Å²) in [6.45, 7) is 2.35. The summed E-state index contributed by atoms with van der Waals surface area (Å²) in [5, 5.41) is 15.7. The Kier molecular flexibility index (Phi) is 6.13. The van der Waals surface area contributed by atoms with Crippen molar-refractivity contribution in [3.05, 3.63) is 63.5 Å². The molecule has 0 aliphatic carbocycles. The Balaban J connectivity index is 1.89. The number of sulfone groups is 1. The Hall–Kier alpha value is -3.31. The number of carbonyl (C=O) groups excluding carboxylic acids is 1. The van der Waals surface area contributed by atoms with E-state index >= 15 is 0 Å². The van der Waals surface area contributed by atoms with E-state index in [4.69, 9.17) is 4.74 Å². The van der Waals surface area contributed by atoms with Crippen molar-refractivity contribution in [2.45, 2.75) is 11.8 Å². The number of nitro benzene ring substituents is 1. The van der Waals surface area contributed by atoms with Crippen LogP contribution in [-0.2, 0) is 9.84 Å². The lowest BCUT2D eigenvalue weighted by atomic mass is 10.1. The van der Waals surface area contributed by atoms with Gasteiger partial charge < -0.3 is 4.74 Å². The van der Waals surface area contributed by atoms with Crippen LogP contribution in [0.1, 0.15) is 17.3 Å². The van der Waals surface area contributed by atoms with E-state index in [2.05, 4.69) is 10.3 Å². The van der Waals surface area contributed by atoms with Gasteiger partial charge in [0.25, 0.3) is 11.6 Å². The summed E-state index contributed by atoms with van der Waals surface area (Å²) in [6, 6.07) is 10.4. The Morgan fingerprint density at radius 3 is 2.67 bits per heavy atom. The first-order valence-corrected chi connectivity index (χ1v) is 11.4. The molecule has 0 saturated heterocycles. The molecule has 0 spiro atoms. The van der Waals surface area contributed by atoms with E-state index in [1.807, 2.05) is 31.2 Å². The number of carbonyl (C=O) groups is 1. The maximum absolute atomic E-state index is 12.6. The van der Waals surface area contributed by atoms with Gasteiger partial charge in [0, 0.05) is 34.9 Å². The highest BCUT2D eigenvalue weighted by Crippen LogP contribution is 2.32. The third-order valence-corrected chi connectivity index (χ3v) is 5.83. The van der Waals surface area contributed by atoms with Gasteiger partial charge in [0.2, 0.25) is 0 Å². The van der Waals surface area contributed by atoms with Crippen molar-refractivity contribution in [1.29, 1.82) is 0 Å². The highest BCUT2D eigenvalue weighted by atomic mass is 32.2. The summed E-state index contributed by atoms with van der Waals surface area (Å²) in [6.07, 6.45) is 0.913. The smallest absolute Gasteiger partial charge is 0.271 e. The zero-order valence-corrected chi connectivity index (χ0v) is 17.6. The van der Waals surface area contributed by atoms with Crippen molar-refractivity contribution >= 4 is 37.9 Å². The summed E-state index contributed by atoms with van der Waals surface area (Å²) in [4.78, 5) is 27.0. The third kappa shape index (κ3) is 4.81. The molecule has 1 amide bonds. The molecule has 1 N–H and O–H groups in total. The molecule has 11 heteroatoms. The van der Waals surface area contributed by atoms with E-state index in [9.17, 15) is 23.3 Å². The van der Waals surface area contributed by atoms with E-state index in [0.29, 0.717) is 18.1 Å². The number of thiazole rings is 1. The van der Waals surface area contributed by atoms with Crippen LogP contribution < -0.4 is 10.1 Å². The average Bonchev–Trinajstić information content (AvgIpc) is 3.16. The lowest BCUT2D eigenvalue weighted by Gasteiger charge is -2.07. The van der Waals surface area contributed by atoms with E-state index in [-0.39, 0.29) is 15.6 Å². The number of rotatable bonds is 7. The number of anilines is 1. The maximum atomic E-state index is 12.6. The van der Waals surface area contributed by atoms with Gasteiger partial charge >= 0.3 is 0 Å². The first kappa shape index (κ1) is 21.4. The number of para-hydroxylation sites is 1. The number of benzene rings is 2. The van der Waals surface area contributed by atoms with Gasteiger partial charge in [-0.3, -0.25) is 20.2 Å². The number of hydrogen-bond acceptors (Lipinski definition) is 8. The monoisotopic (exact) mass is 447 g/mol. The number of nitrogens with one attached hydrogen (secondary N) is 1. The number of non-ortho nitro benzene ring substituents is 1. The molecule has 156 valence electrons. The molecule has 1 heterocycles. The Morgan fingerprint density at radius 2 is 2.00 bits per heavy atom. The number of nitrogens with zero attached hydrogens (tertiary/aromatic N) is 2. The lowest BCUT2D eigenvalue weighted by molar-refractivity contribution is -0.385. The minimum Gasteiger partial charge on any atom is -0.493 e. The summed E-state index contributed by atoms with van der Waals surface area (Å²) in [7, 11) is -3.74. The fraction of sp³-hybridized carbons (Fsp3) is 0.158. The van der Waals surface area contributed by atoms with Crippen LogP contribution in [0.4, 0.5) is 10.8 Å². The Labute approximate surface area is 176 Å². The molecule has 2 aromatic carbocycles. The molecule has 30 heavy (non-hydrogen) atoms. The van der Waals surface area contributed by atoms with E-state index in [1.165, 1.54) is 0 Å². The van der Waals surface area contributed by atoms with Crippen molar-refractivity contribution in [3.8, 4) is 17.0 Å². The fourth-order valence-corrected chi connectivity index (χ4v) is 4.00. The molecule has 1 aromatic heterocycles. The van der Waals surface area contributed by atoms with E-state index in [1.54, 1.807) is 5.38 Å². The van der Waals surface area contributed by atoms with Crippen molar-refractivity contribution in [2.75, 3.05) is 18.2 Å². The number of hydrogen-bond donors (Lipinski definition) is 1. The van der Waals surface area contributed by atoms with Crippen LogP contribution in [0.2, 0.25) is 0 Å². The molecule has 0 aliphatic heterocycles. The van der Waals surface area contributed by atoms with Gasteiger partial charge in [0.05, 0.1) is 22.1 Å². The SMILES string of the molecule is CCOc1ccccc1-c1csc(NC(=O)c2cc([N+](=O)[O-])cc(S(C)(=O)=O)c2)n1. The topological polar surface area (TPSA) is 128 Å². The van der Waals surface area contributed by atoms with Crippen LogP contribution in [0, 0.1) is 10.1 Å². The second-order valence-electron chi connectivity index (χ2n) is 6.17. The zero-order chi connectivity index (χ0) is 21.9. The quantitative estimate of drug-likeness (QED) is 0.431. The normalized spacial score (nSPS) is 11.1. The second kappa shape index (κ2) is 8.59. The van der Waals surface area contributed by atoms with Crippen molar-refractivity contribution < 1.29 is 22.9 Å². The zero-order valence-electron chi connectivity index (χ0n) is 16.0. The molecule has 0 radical (unpaired) electrons. The first-order chi connectivity index (χ1) is 14.2. The molecule has 3 rings (SSSR count). The van der Waals surface area contributed by atoms with Gasteiger partial charge in [0.1, 0.15) is 5.75 Å². The summed E-state index contributed by atoms with van der Waals surface area (Å²) in [5.74, 6) is -0.0535. The summed E-state index contributed by atoms with van der Waals surface area (Å²) in [5.41, 5.74) is 0.700. The van der Waals surface area contributed by atoms with Crippen molar-refractivity contribution in [1.82, 2.24) is 4.98 Å². The van der Waals surface area contributed by atoms with Crippen molar-refractivity contribution in [3.63, 3.8) is 0 Å². The molecule has 9 nitrogen and oxygen atoms in total. The molecule has 3 aromatic rings. The van der Waals surface area contributed by atoms with Crippen LogP contribution in [0.25, 0.3) is 11.3 Å². The first-order valence-electron chi connectivity index (χ1n) is 8.67. The van der Waals surface area contributed by atoms with E-state index in [0.717, 1.165) is 41.4 Å². The van der Waals surface area contributed by atoms with Gasteiger partial charge in [-0.1, -0.05) is 12.1 Å². The van der Waals surface area contributed by atoms with Crippen LogP contribution in [0.15, 0.2) is 52.7 Å². The molecular formula is C19H17N3O6S2. The highest BCUT2D eigenvalue weighted by molar-refractivity contribution is 7.90. The van der Waals surface area contributed by atoms with Crippen LogP contribution in [0.3, 0.4) is 0 Å². The standard InChI is InChI=1S/C19H17N3O6S2/c1-3-28-17-7-5-4-6-15(17)16-11-29-19(20-16)21-18(23)12-8-13(22(24)25)10-14(9-12)30(2,26)27/h4-11H,3H2,1-2H3,(H,20,21,23). The number of ether oxygens (including phenoxy) is 1. The number of aromatic nitrogens is 1. The van der Waals surface area contributed by atoms with Gasteiger partial charge in [0.15, 0.2) is 15.0 Å². The van der Waals surface area contributed by atoms with Gasteiger partial charge in [-0.25, -0.2) is 13.4 Å². The van der Waals surface area contributed by atoms with Gasteiger partial charge in [-0.05, 0) is 25.1 Å². The molecular weight excluding hydrogens is 430 g/mol. The van der Waals surface area contributed by atoms with Gasteiger partial charge in [-0.2, -0.15) is 0 Å². The largest absolute Gasteiger partial charge is 0.493 e. The lowest BCUT2D eigenvalue weighted by Crippen LogP contribution is -2.13. The fourth-order valence-electron chi connectivity index (χ4n) is 2.62. The molecule has 0 fully saturated rings. The number of amides is 1. The molecule has 0 unspecified atom stereocenters. The molecule has 0 saturated carbocycles. The van der Waals surface area contributed by atoms with Crippen LogP contribution in [0.5, 0.6) is 5.75 Å².